The Bertz CT molecular complexity index is 755. The first-order valence-corrected chi connectivity index (χ1v) is 8.63. The van der Waals surface area contributed by atoms with E-state index in [1.54, 1.807) is 18.2 Å². The van der Waals surface area contributed by atoms with Crippen molar-refractivity contribution in [2.45, 2.75) is 18.9 Å². The fraction of sp³-hybridized carbons (Fsp3) is 0.353. The molecule has 0 spiro atoms. The third-order valence-corrected chi connectivity index (χ3v) is 4.58. The number of hydrogen-bond acceptors (Lipinski definition) is 5. The van der Waals surface area contributed by atoms with Gasteiger partial charge in [0, 0.05) is 16.6 Å². The van der Waals surface area contributed by atoms with Crippen LogP contribution < -0.4 is 10.1 Å². The Morgan fingerprint density at radius 1 is 1.40 bits per heavy atom. The van der Waals surface area contributed by atoms with E-state index in [0.29, 0.717) is 17.9 Å². The highest BCUT2D eigenvalue weighted by Gasteiger charge is 2.37. The van der Waals surface area contributed by atoms with E-state index in [0.717, 1.165) is 22.2 Å². The highest BCUT2D eigenvalue weighted by atomic mass is 79.9. The number of hydrogen-bond donors (Lipinski definition) is 1. The summed E-state index contributed by atoms with van der Waals surface area (Å²) in [6, 6.07) is 4.52. The predicted molar refractivity (Wildman–Crippen MR) is 92.9 cm³/mol. The van der Waals surface area contributed by atoms with Crippen molar-refractivity contribution in [2.75, 3.05) is 20.3 Å². The van der Waals surface area contributed by atoms with Crippen LogP contribution in [0.4, 0.5) is 4.79 Å². The van der Waals surface area contributed by atoms with E-state index in [2.05, 4.69) is 21.2 Å². The van der Waals surface area contributed by atoms with Crippen molar-refractivity contribution in [3.8, 4) is 5.75 Å². The van der Waals surface area contributed by atoms with E-state index in [1.807, 2.05) is 0 Å². The summed E-state index contributed by atoms with van der Waals surface area (Å²) in [7, 11) is 1.50. The van der Waals surface area contributed by atoms with Crippen LogP contribution in [0.25, 0.3) is 6.08 Å². The first kappa shape index (κ1) is 17.6. The number of ether oxygens (including phenoxy) is 2. The second-order valence-corrected chi connectivity index (χ2v) is 6.67. The maximum atomic E-state index is 12.7. The average molecular weight is 409 g/mol. The summed E-state index contributed by atoms with van der Waals surface area (Å²) >= 11 is 3.35. The lowest BCUT2D eigenvalue weighted by Gasteiger charge is -2.28. The minimum atomic E-state index is -0.722. The predicted octanol–water partition coefficient (Wildman–Crippen LogP) is 2.10. The Balaban J connectivity index is 1.91. The molecule has 25 heavy (non-hydrogen) atoms. The molecule has 1 aromatic rings. The lowest BCUT2D eigenvalue weighted by molar-refractivity contribution is -0.131. The molecule has 4 amide bonds. The molecule has 2 fully saturated rings. The highest BCUT2D eigenvalue weighted by molar-refractivity contribution is 9.10. The van der Waals surface area contributed by atoms with Gasteiger partial charge in [-0.1, -0.05) is 15.9 Å². The topological polar surface area (TPSA) is 84.9 Å². The molecule has 0 aliphatic carbocycles. The number of carbonyl (C=O) groups excluding carboxylic acids is 3. The molecule has 1 atom stereocenters. The van der Waals surface area contributed by atoms with Gasteiger partial charge in [-0.3, -0.25) is 19.8 Å². The van der Waals surface area contributed by atoms with E-state index >= 15 is 0 Å². The Kier molecular flexibility index (Phi) is 5.19. The largest absolute Gasteiger partial charge is 0.496 e. The normalized spacial score (nSPS) is 22.5. The third kappa shape index (κ3) is 3.74. The Hall–Kier alpha value is -2.19. The van der Waals surface area contributed by atoms with Crippen molar-refractivity contribution in [3.63, 3.8) is 0 Å². The number of nitrogens with one attached hydrogen (secondary N) is 1. The lowest BCUT2D eigenvalue weighted by atomic mass is 10.1. The molecule has 8 heteroatoms. The zero-order chi connectivity index (χ0) is 18.0. The summed E-state index contributed by atoms with van der Waals surface area (Å²) in [5.41, 5.74) is 0.441. The molecule has 132 valence electrons. The molecule has 2 heterocycles. The van der Waals surface area contributed by atoms with Crippen LogP contribution in [0.3, 0.4) is 0 Å². The van der Waals surface area contributed by atoms with Crippen molar-refractivity contribution >= 4 is 39.9 Å². The molecule has 3 rings (SSSR count). The number of nitrogens with zero attached hydrogens (tertiary/aromatic N) is 1. The van der Waals surface area contributed by atoms with E-state index in [-0.39, 0.29) is 18.2 Å². The van der Waals surface area contributed by atoms with Gasteiger partial charge >= 0.3 is 6.03 Å². The van der Waals surface area contributed by atoms with Gasteiger partial charge < -0.3 is 9.47 Å². The van der Waals surface area contributed by atoms with Gasteiger partial charge in [-0.15, -0.1) is 0 Å². The second kappa shape index (κ2) is 7.37. The number of rotatable bonds is 4. The summed E-state index contributed by atoms with van der Waals surface area (Å²) in [4.78, 5) is 37.9. The van der Waals surface area contributed by atoms with Gasteiger partial charge in [0.1, 0.15) is 11.3 Å². The van der Waals surface area contributed by atoms with Gasteiger partial charge in [0.25, 0.3) is 11.8 Å². The van der Waals surface area contributed by atoms with Crippen LogP contribution in [0.1, 0.15) is 18.4 Å². The first-order valence-electron chi connectivity index (χ1n) is 7.83. The number of methoxy groups -OCH3 is 1. The summed E-state index contributed by atoms with van der Waals surface area (Å²) in [5, 5.41) is 2.21. The molecule has 0 aromatic heterocycles. The van der Waals surface area contributed by atoms with Crippen LogP contribution in [0.2, 0.25) is 0 Å². The summed E-state index contributed by atoms with van der Waals surface area (Å²) in [6.45, 7) is 0.746. The Labute approximate surface area is 153 Å². The maximum absolute atomic E-state index is 12.7. The maximum Gasteiger partial charge on any atom is 0.331 e. The zero-order valence-corrected chi connectivity index (χ0v) is 15.2. The molecule has 0 bridgehead atoms. The van der Waals surface area contributed by atoms with Gasteiger partial charge in [-0.05, 0) is 37.1 Å². The standard InChI is InChI=1S/C17H17BrN2O5/c1-24-14-5-4-11(18)7-10(14)8-13-15(21)19-17(23)20(16(13)22)9-12-3-2-6-25-12/h4-5,7-8,12H,2-3,6,9H2,1H3,(H,19,21,23)/b13-8+/t12-/m0/s1. The molecule has 1 aromatic carbocycles. The second-order valence-electron chi connectivity index (χ2n) is 5.75. The summed E-state index contributed by atoms with van der Waals surface area (Å²) in [6.07, 6.45) is 2.91. The minimum absolute atomic E-state index is 0.117. The molecule has 0 unspecified atom stereocenters. The number of amides is 4. The van der Waals surface area contributed by atoms with Crippen LogP contribution in [0.15, 0.2) is 28.2 Å². The molecule has 1 N–H and O–H groups in total. The first-order chi connectivity index (χ1) is 12.0. The van der Waals surface area contributed by atoms with E-state index in [9.17, 15) is 14.4 Å². The van der Waals surface area contributed by atoms with Crippen LogP contribution in [0, 0.1) is 0 Å². The van der Waals surface area contributed by atoms with Crippen molar-refractivity contribution in [1.29, 1.82) is 0 Å². The molecule has 0 saturated carbocycles. The van der Waals surface area contributed by atoms with Crippen LogP contribution in [-0.4, -0.2) is 49.1 Å². The minimum Gasteiger partial charge on any atom is -0.496 e. The number of carbonyl (C=O) groups is 3. The van der Waals surface area contributed by atoms with Crippen LogP contribution in [0.5, 0.6) is 5.75 Å². The fourth-order valence-corrected chi connectivity index (χ4v) is 3.20. The zero-order valence-electron chi connectivity index (χ0n) is 13.6. The summed E-state index contributed by atoms with van der Waals surface area (Å²) in [5.74, 6) is -0.842. The third-order valence-electron chi connectivity index (χ3n) is 4.09. The van der Waals surface area contributed by atoms with Gasteiger partial charge in [0.2, 0.25) is 0 Å². The molecule has 2 aliphatic rings. The molecule has 2 aliphatic heterocycles. The van der Waals surface area contributed by atoms with Crippen LogP contribution >= 0.6 is 15.9 Å². The van der Waals surface area contributed by atoms with E-state index < -0.39 is 17.8 Å². The Morgan fingerprint density at radius 2 is 2.20 bits per heavy atom. The monoisotopic (exact) mass is 408 g/mol. The Morgan fingerprint density at radius 3 is 2.88 bits per heavy atom. The number of imide groups is 2. The quantitative estimate of drug-likeness (QED) is 0.608. The number of benzene rings is 1. The summed E-state index contributed by atoms with van der Waals surface area (Å²) < 4.78 is 11.5. The SMILES string of the molecule is COc1ccc(Br)cc1/C=C1\C(=O)NC(=O)N(C[C@@H]2CCCO2)C1=O. The molecule has 0 radical (unpaired) electrons. The fourth-order valence-electron chi connectivity index (χ4n) is 2.83. The molecular formula is C17H17BrN2O5. The van der Waals surface area contributed by atoms with Crippen molar-refractivity contribution < 1.29 is 23.9 Å². The van der Waals surface area contributed by atoms with Gasteiger partial charge in [-0.2, -0.15) is 0 Å². The van der Waals surface area contributed by atoms with E-state index in [1.165, 1.54) is 13.2 Å². The van der Waals surface area contributed by atoms with Gasteiger partial charge in [0.15, 0.2) is 0 Å². The molecule has 2 saturated heterocycles. The highest BCUT2D eigenvalue weighted by Crippen LogP contribution is 2.26. The molecular weight excluding hydrogens is 392 g/mol. The average Bonchev–Trinajstić information content (AvgIpc) is 3.09. The number of barbiturate groups is 1. The number of halogens is 1. The number of urea groups is 1. The van der Waals surface area contributed by atoms with E-state index in [4.69, 9.17) is 9.47 Å². The lowest BCUT2D eigenvalue weighted by Crippen LogP contribution is -2.55. The van der Waals surface area contributed by atoms with Crippen molar-refractivity contribution in [1.82, 2.24) is 10.2 Å². The molecule has 7 nitrogen and oxygen atoms in total. The van der Waals surface area contributed by atoms with Gasteiger partial charge in [-0.25, -0.2) is 4.79 Å². The van der Waals surface area contributed by atoms with Crippen molar-refractivity contribution in [3.05, 3.63) is 33.8 Å². The van der Waals surface area contributed by atoms with Crippen molar-refractivity contribution in [2.24, 2.45) is 0 Å². The van der Waals surface area contributed by atoms with Crippen LogP contribution in [-0.2, 0) is 14.3 Å². The smallest absolute Gasteiger partial charge is 0.331 e. The van der Waals surface area contributed by atoms with Gasteiger partial charge in [0.05, 0.1) is 19.8 Å².